The summed E-state index contributed by atoms with van der Waals surface area (Å²) in [6.45, 7) is 12.3. The van der Waals surface area contributed by atoms with Crippen LogP contribution in [0.25, 0.3) is 0 Å². The summed E-state index contributed by atoms with van der Waals surface area (Å²) in [5.74, 6) is 1.47. The van der Waals surface area contributed by atoms with Crippen LogP contribution in [0.5, 0.6) is 0 Å². The van der Waals surface area contributed by atoms with E-state index in [1.807, 2.05) is 18.2 Å². The Morgan fingerprint density at radius 2 is 1.68 bits per heavy atom. The van der Waals surface area contributed by atoms with Crippen molar-refractivity contribution in [1.82, 2.24) is 9.80 Å². The van der Waals surface area contributed by atoms with Gasteiger partial charge in [0.25, 0.3) is 0 Å². The van der Waals surface area contributed by atoms with E-state index in [0.29, 0.717) is 11.8 Å². The van der Waals surface area contributed by atoms with E-state index in [0.717, 1.165) is 31.7 Å². The molecule has 1 aromatic rings. The van der Waals surface area contributed by atoms with Gasteiger partial charge < -0.3 is 4.90 Å². The lowest BCUT2D eigenvalue weighted by Crippen LogP contribution is -2.48. The average Bonchev–Trinajstić information content (AvgIpc) is 2.51. The number of carbonyl (C=O) groups is 1. The van der Waals surface area contributed by atoms with E-state index in [1.54, 1.807) is 0 Å². The maximum Gasteiger partial charge on any atom is 0.244 e. The lowest BCUT2D eigenvalue weighted by Gasteiger charge is -2.39. The summed E-state index contributed by atoms with van der Waals surface area (Å²) >= 11 is 0. The first-order chi connectivity index (χ1) is 10.6. The van der Waals surface area contributed by atoms with Gasteiger partial charge in [-0.2, -0.15) is 0 Å². The lowest BCUT2D eigenvalue weighted by molar-refractivity contribution is -0.140. The zero-order valence-corrected chi connectivity index (χ0v) is 14.5. The van der Waals surface area contributed by atoms with Crippen LogP contribution in [0.3, 0.4) is 0 Å². The molecule has 22 heavy (non-hydrogen) atoms. The number of likely N-dealkylation sites (N-methyl/N-ethyl adjacent to an activating group) is 1. The summed E-state index contributed by atoms with van der Waals surface area (Å²) in [6.07, 6.45) is 1.23. The molecule has 0 aliphatic carbocycles. The fourth-order valence-corrected chi connectivity index (χ4v) is 3.75. The third-order valence-corrected chi connectivity index (χ3v) is 4.71. The van der Waals surface area contributed by atoms with Gasteiger partial charge >= 0.3 is 0 Å². The van der Waals surface area contributed by atoms with Crippen LogP contribution in [0.15, 0.2) is 30.3 Å². The molecule has 1 heterocycles. The second-order valence-electron chi connectivity index (χ2n) is 6.72. The van der Waals surface area contributed by atoms with Crippen LogP contribution in [0, 0.1) is 11.8 Å². The van der Waals surface area contributed by atoms with E-state index in [1.165, 1.54) is 6.42 Å². The van der Waals surface area contributed by atoms with E-state index in [-0.39, 0.29) is 11.9 Å². The molecule has 1 saturated heterocycles. The quantitative estimate of drug-likeness (QED) is 0.830. The highest BCUT2D eigenvalue weighted by Gasteiger charge is 2.33. The van der Waals surface area contributed by atoms with Crippen molar-refractivity contribution in [1.29, 1.82) is 0 Å². The van der Waals surface area contributed by atoms with Crippen molar-refractivity contribution in [3.63, 3.8) is 0 Å². The van der Waals surface area contributed by atoms with Gasteiger partial charge in [0.2, 0.25) is 5.91 Å². The Balaban J connectivity index is 2.26. The molecule has 2 rings (SSSR count). The summed E-state index contributed by atoms with van der Waals surface area (Å²) < 4.78 is 0. The van der Waals surface area contributed by atoms with Crippen molar-refractivity contribution in [2.45, 2.75) is 40.2 Å². The highest BCUT2D eigenvalue weighted by molar-refractivity contribution is 5.83. The first kappa shape index (κ1) is 17.0. The Labute approximate surface area is 135 Å². The number of likely N-dealkylation sites (tertiary alicyclic amines) is 1. The third-order valence-electron chi connectivity index (χ3n) is 4.71. The number of hydrogen-bond donors (Lipinski definition) is 0. The van der Waals surface area contributed by atoms with Gasteiger partial charge in [-0.3, -0.25) is 9.69 Å². The average molecular weight is 302 g/mol. The fraction of sp³-hybridized carbons (Fsp3) is 0.632. The number of piperidine rings is 1. The molecule has 0 spiro atoms. The van der Waals surface area contributed by atoms with E-state index in [4.69, 9.17) is 0 Å². The molecule has 0 bridgehead atoms. The van der Waals surface area contributed by atoms with Gasteiger partial charge in [-0.05, 0) is 36.9 Å². The molecule has 1 aliphatic heterocycles. The predicted octanol–water partition coefficient (Wildman–Crippen LogP) is 3.57. The van der Waals surface area contributed by atoms with Crippen LogP contribution >= 0.6 is 0 Å². The minimum Gasteiger partial charge on any atom is -0.341 e. The molecule has 3 heteroatoms. The molecule has 122 valence electrons. The molecule has 0 radical (unpaired) electrons. The topological polar surface area (TPSA) is 23.6 Å². The van der Waals surface area contributed by atoms with Crippen molar-refractivity contribution in [2.75, 3.05) is 26.2 Å². The second-order valence-corrected chi connectivity index (χ2v) is 6.72. The molecule has 1 aliphatic rings. The zero-order chi connectivity index (χ0) is 16.1. The van der Waals surface area contributed by atoms with Crippen molar-refractivity contribution in [2.24, 2.45) is 11.8 Å². The largest absolute Gasteiger partial charge is 0.341 e. The van der Waals surface area contributed by atoms with Gasteiger partial charge in [0.15, 0.2) is 0 Å². The van der Waals surface area contributed by atoms with Gasteiger partial charge in [-0.25, -0.2) is 0 Å². The number of amides is 1. The molecule has 0 aromatic heterocycles. The van der Waals surface area contributed by atoms with E-state index >= 15 is 0 Å². The first-order valence-corrected chi connectivity index (χ1v) is 8.64. The Morgan fingerprint density at radius 3 is 2.18 bits per heavy atom. The molecular weight excluding hydrogens is 272 g/mol. The van der Waals surface area contributed by atoms with Crippen LogP contribution in [-0.4, -0.2) is 41.9 Å². The molecular formula is C19H30N2O. The molecule has 3 atom stereocenters. The van der Waals surface area contributed by atoms with Gasteiger partial charge in [0, 0.05) is 13.1 Å². The molecule has 3 nitrogen and oxygen atoms in total. The normalized spacial score (nSPS) is 23.6. The van der Waals surface area contributed by atoms with Gasteiger partial charge in [-0.1, -0.05) is 58.0 Å². The van der Waals surface area contributed by atoms with Crippen LogP contribution in [0.4, 0.5) is 0 Å². The Morgan fingerprint density at radius 1 is 1.14 bits per heavy atom. The van der Waals surface area contributed by atoms with Gasteiger partial charge in [0.1, 0.15) is 6.04 Å². The fourth-order valence-electron chi connectivity index (χ4n) is 3.75. The first-order valence-electron chi connectivity index (χ1n) is 8.64. The van der Waals surface area contributed by atoms with Crippen molar-refractivity contribution in [3.8, 4) is 0 Å². The summed E-state index contributed by atoms with van der Waals surface area (Å²) in [4.78, 5) is 17.6. The molecule has 1 amide bonds. The smallest absolute Gasteiger partial charge is 0.244 e. The third kappa shape index (κ3) is 3.89. The molecule has 0 saturated carbocycles. The predicted molar refractivity (Wildman–Crippen MR) is 91.6 cm³/mol. The minimum absolute atomic E-state index is 0.145. The molecule has 1 aromatic carbocycles. The standard InChI is InChI=1S/C19H30N2O/c1-5-20(6-2)18(17-10-8-7-9-11-17)19(22)21-13-15(3)12-16(4)14-21/h7-11,15-16,18H,5-6,12-14H2,1-4H3. The number of nitrogens with zero attached hydrogens (tertiary/aromatic N) is 2. The van der Waals surface area contributed by atoms with Gasteiger partial charge in [0.05, 0.1) is 0 Å². The number of carbonyl (C=O) groups excluding carboxylic acids is 1. The van der Waals surface area contributed by atoms with Gasteiger partial charge in [-0.15, -0.1) is 0 Å². The van der Waals surface area contributed by atoms with Crippen LogP contribution < -0.4 is 0 Å². The number of rotatable bonds is 5. The Hall–Kier alpha value is -1.35. The summed E-state index contributed by atoms with van der Waals surface area (Å²) in [5.41, 5.74) is 1.11. The zero-order valence-electron chi connectivity index (χ0n) is 14.5. The monoisotopic (exact) mass is 302 g/mol. The highest BCUT2D eigenvalue weighted by atomic mass is 16.2. The summed E-state index contributed by atoms with van der Waals surface area (Å²) in [6, 6.07) is 10.1. The van der Waals surface area contributed by atoms with Crippen molar-refractivity contribution in [3.05, 3.63) is 35.9 Å². The number of hydrogen-bond acceptors (Lipinski definition) is 2. The van der Waals surface area contributed by atoms with Crippen LogP contribution in [0.1, 0.15) is 45.7 Å². The van der Waals surface area contributed by atoms with Crippen molar-refractivity contribution < 1.29 is 4.79 Å². The van der Waals surface area contributed by atoms with E-state index < -0.39 is 0 Å². The van der Waals surface area contributed by atoms with Crippen LogP contribution in [-0.2, 0) is 4.79 Å². The van der Waals surface area contributed by atoms with Crippen molar-refractivity contribution >= 4 is 5.91 Å². The Kier molecular flexibility index (Phi) is 6.01. The maximum absolute atomic E-state index is 13.2. The minimum atomic E-state index is -0.145. The number of benzene rings is 1. The van der Waals surface area contributed by atoms with E-state index in [9.17, 15) is 4.79 Å². The Bertz CT molecular complexity index is 460. The molecule has 1 fully saturated rings. The van der Waals surface area contributed by atoms with Crippen LogP contribution in [0.2, 0.25) is 0 Å². The summed E-state index contributed by atoms with van der Waals surface area (Å²) in [7, 11) is 0. The molecule has 0 N–H and O–H groups in total. The maximum atomic E-state index is 13.2. The highest BCUT2D eigenvalue weighted by Crippen LogP contribution is 2.27. The van der Waals surface area contributed by atoms with E-state index in [2.05, 4.69) is 49.6 Å². The lowest BCUT2D eigenvalue weighted by atomic mass is 9.91. The summed E-state index contributed by atoms with van der Waals surface area (Å²) in [5, 5.41) is 0. The SMILES string of the molecule is CCN(CC)C(C(=O)N1CC(C)CC(C)C1)c1ccccc1. The second kappa shape index (κ2) is 7.77. The molecule has 3 unspecified atom stereocenters.